The molecule has 0 bridgehead atoms. The number of anilines is 1. The zero-order valence-electron chi connectivity index (χ0n) is 15.4. The van der Waals surface area contributed by atoms with Crippen LogP contribution in [0.4, 0.5) is 10.6 Å². The lowest BCUT2D eigenvalue weighted by Crippen LogP contribution is -2.31. The molecule has 146 valence electrons. The standard InChI is InChI=1S/C18H20N6O4/c1-11-7-12-8-13(3-4-15(12)24(11)18(26)20-5-6-25)28-17-14(9-23-27-2)16(19)21-10-22-17/h3-4,7-10,25H,5-6H2,1-2H3,(H,20,26)(H2,19,21,22). The van der Waals surface area contributed by atoms with Gasteiger partial charge in [-0.3, -0.25) is 4.57 Å². The fourth-order valence-electron chi connectivity index (χ4n) is 2.72. The normalized spacial score (nSPS) is 11.1. The first-order valence-electron chi connectivity index (χ1n) is 8.41. The molecule has 0 spiro atoms. The molecule has 3 aromatic rings. The van der Waals surface area contributed by atoms with Crippen LogP contribution < -0.4 is 15.8 Å². The number of hydrogen-bond acceptors (Lipinski definition) is 8. The Kier molecular flexibility index (Phi) is 5.70. The number of nitrogen functional groups attached to an aromatic ring is 1. The molecule has 1 aromatic carbocycles. The molecule has 2 aromatic heterocycles. The first-order valence-corrected chi connectivity index (χ1v) is 8.41. The molecule has 0 radical (unpaired) electrons. The highest BCUT2D eigenvalue weighted by molar-refractivity contribution is 5.93. The average Bonchev–Trinajstić information content (AvgIpc) is 3.00. The minimum Gasteiger partial charge on any atom is -0.438 e. The van der Waals surface area contributed by atoms with Crippen LogP contribution in [0, 0.1) is 6.92 Å². The third-order valence-electron chi connectivity index (χ3n) is 3.93. The maximum atomic E-state index is 12.3. The summed E-state index contributed by atoms with van der Waals surface area (Å²) in [5.41, 5.74) is 7.71. The number of ether oxygens (including phenoxy) is 1. The van der Waals surface area contributed by atoms with Crippen molar-refractivity contribution in [2.75, 3.05) is 26.0 Å². The fourth-order valence-corrected chi connectivity index (χ4v) is 2.72. The Balaban J connectivity index is 1.94. The van der Waals surface area contributed by atoms with Gasteiger partial charge in [-0.2, -0.15) is 0 Å². The summed E-state index contributed by atoms with van der Waals surface area (Å²) in [7, 11) is 1.41. The van der Waals surface area contributed by atoms with E-state index in [1.807, 2.05) is 13.0 Å². The molecule has 0 aliphatic rings. The van der Waals surface area contributed by atoms with E-state index in [9.17, 15) is 4.79 Å². The van der Waals surface area contributed by atoms with E-state index in [0.717, 1.165) is 11.1 Å². The number of rotatable bonds is 6. The number of nitrogens with zero attached hydrogens (tertiary/aromatic N) is 4. The first kappa shape index (κ1) is 19.1. The minimum atomic E-state index is -0.308. The molecule has 0 saturated heterocycles. The van der Waals surface area contributed by atoms with Crippen molar-refractivity contribution in [3.05, 3.63) is 41.9 Å². The molecule has 10 heteroatoms. The van der Waals surface area contributed by atoms with E-state index in [0.29, 0.717) is 16.8 Å². The predicted octanol–water partition coefficient (Wildman–Crippen LogP) is 1.64. The van der Waals surface area contributed by atoms with Crippen LogP contribution in [0.5, 0.6) is 11.6 Å². The van der Waals surface area contributed by atoms with Gasteiger partial charge in [-0.25, -0.2) is 14.8 Å². The third kappa shape index (κ3) is 3.86. The average molecular weight is 384 g/mol. The fraction of sp³-hybridized carbons (Fsp3) is 0.222. The number of benzene rings is 1. The number of carbonyl (C=O) groups excluding carboxylic acids is 1. The van der Waals surface area contributed by atoms with Crippen LogP contribution in [0.15, 0.2) is 35.7 Å². The highest BCUT2D eigenvalue weighted by atomic mass is 16.6. The van der Waals surface area contributed by atoms with Crippen molar-refractivity contribution in [1.82, 2.24) is 19.9 Å². The van der Waals surface area contributed by atoms with Crippen LogP contribution in [-0.2, 0) is 4.84 Å². The molecular weight excluding hydrogens is 364 g/mol. The summed E-state index contributed by atoms with van der Waals surface area (Å²) in [6, 6.07) is 6.82. The van der Waals surface area contributed by atoms with Crippen molar-refractivity contribution < 1.29 is 19.5 Å². The highest BCUT2D eigenvalue weighted by Gasteiger charge is 2.14. The Bertz CT molecular complexity index is 1030. The van der Waals surface area contributed by atoms with E-state index >= 15 is 0 Å². The van der Waals surface area contributed by atoms with Crippen molar-refractivity contribution in [3.63, 3.8) is 0 Å². The Labute approximate surface area is 160 Å². The van der Waals surface area contributed by atoms with E-state index in [1.165, 1.54) is 24.2 Å². The second-order valence-electron chi connectivity index (χ2n) is 5.79. The van der Waals surface area contributed by atoms with Gasteiger partial charge in [0.25, 0.3) is 0 Å². The SMILES string of the molecule is CON=Cc1c(N)ncnc1Oc1ccc2c(c1)cc(C)n2C(=O)NCCO. The van der Waals surface area contributed by atoms with E-state index < -0.39 is 0 Å². The molecule has 1 amide bonds. The zero-order valence-corrected chi connectivity index (χ0v) is 15.4. The van der Waals surface area contributed by atoms with Gasteiger partial charge in [-0.05, 0) is 31.2 Å². The van der Waals surface area contributed by atoms with Crippen molar-refractivity contribution >= 4 is 29.0 Å². The van der Waals surface area contributed by atoms with Gasteiger partial charge in [0, 0.05) is 17.6 Å². The number of aromatic nitrogens is 3. The van der Waals surface area contributed by atoms with E-state index in [4.69, 9.17) is 15.6 Å². The number of aliphatic hydroxyl groups is 1. The minimum absolute atomic E-state index is 0.126. The maximum Gasteiger partial charge on any atom is 0.326 e. The van der Waals surface area contributed by atoms with Gasteiger partial charge in [-0.15, -0.1) is 0 Å². The van der Waals surface area contributed by atoms with Crippen molar-refractivity contribution in [2.24, 2.45) is 5.16 Å². The number of aryl methyl sites for hydroxylation is 1. The Morgan fingerprint density at radius 3 is 2.96 bits per heavy atom. The molecule has 10 nitrogen and oxygen atoms in total. The Morgan fingerprint density at radius 1 is 1.39 bits per heavy atom. The van der Waals surface area contributed by atoms with E-state index in [-0.39, 0.29) is 30.9 Å². The van der Waals surface area contributed by atoms with Crippen LogP contribution in [-0.4, -0.2) is 52.1 Å². The van der Waals surface area contributed by atoms with E-state index in [1.54, 1.807) is 18.2 Å². The van der Waals surface area contributed by atoms with E-state index in [2.05, 4.69) is 25.3 Å². The summed E-state index contributed by atoms with van der Waals surface area (Å²) < 4.78 is 7.39. The van der Waals surface area contributed by atoms with Crippen LogP contribution >= 0.6 is 0 Å². The van der Waals surface area contributed by atoms with Gasteiger partial charge in [0.05, 0.1) is 18.3 Å². The third-order valence-corrected chi connectivity index (χ3v) is 3.93. The van der Waals surface area contributed by atoms with Crippen molar-refractivity contribution in [3.8, 4) is 11.6 Å². The topological polar surface area (TPSA) is 137 Å². The monoisotopic (exact) mass is 384 g/mol. The smallest absolute Gasteiger partial charge is 0.326 e. The van der Waals surface area contributed by atoms with Gasteiger partial charge in [0.2, 0.25) is 5.88 Å². The molecule has 0 atom stereocenters. The van der Waals surface area contributed by atoms with Crippen LogP contribution in [0.2, 0.25) is 0 Å². The molecule has 0 fully saturated rings. The molecule has 2 heterocycles. The summed E-state index contributed by atoms with van der Waals surface area (Å²) in [5, 5.41) is 16.0. The number of nitrogens with two attached hydrogens (primary N) is 1. The van der Waals surface area contributed by atoms with Crippen LogP contribution in [0.1, 0.15) is 11.3 Å². The number of oxime groups is 1. The van der Waals surface area contributed by atoms with Gasteiger partial charge >= 0.3 is 6.03 Å². The van der Waals surface area contributed by atoms with Gasteiger partial charge in [0.15, 0.2) is 0 Å². The summed E-state index contributed by atoms with van der Waals surface area (Å²) in [5.74, 6) is 0.935. The lowest BCUT2D eigenvalue weighted by Gasteiger charge is -2.10. The van der Waals surface area contributed by atoms with Crippen LogP contribution in [0.3, 0.4) is 0 Å². The number of fused-ring (bicyclic) bond motifs is 1. The summed E-state index contributed by atoms with van der Waals surface area (Å²) >= 11 is 0. The summed E-state index contributed by atoms with van der Waals surface area (Å²) in [4.78, 5) is 25.0. The van der Waals surface area contributed by atoms with Crippen molar-refractivity contribution in [2.45, 2.75) is 6.92 Å². The van der Waals surface area contributed by atoms with Gasteiger partial charge in [0.1, 0.15) is 30.6 Å². The molecular formula is C18H20N6O4. The lowest BCUT2D eigenvalue weighted by molar-refractivity contribution is 0.215. The van der Waals surface area contributed by atoms with Gasteiger partial charge in [-0.1, -0.05) is 5.16 Å². The number of nitrogens with one attached hydrogen (secondary N) is 1. The van der Waals surface area contributed by atoms with Crippen molar-refractivity contribution in [1.29, 1.82) is 0 Å². The molecule has 0 aliphatic carbocycles. The second-order valence-corrected chi connectivity index (χ2v) is 5.79. The number of carbonyl (C=O) groups is 1. The predicted molar refractivity (Wildman–Crippen MR) is 104 cm³/mol. The molecule has 0 aliphatic heterocycles. The quantitative estimate of drug-likeness (QED) is 0.434. The molecule has 28 heavy (non-hydrogen) atoms. The zero-order chi connectivity index (χ0) is 20.1. The number of hydrogen-bond donors (Lipinski definition) is 3. The van der Waals surface area contributed by atoms with Gasteiger partial charge < -0.3 is 25.7 Å². The first-order chi connectivity index (χ1) is 13.5. The Hall–Kier alpha value is -3.66. The number of amides is 1. The lowest BCUT2D eigenvalue weighted by atomic mass is 10.2. The summed E-state index contributed by atoms with van der Waals surface area (Å²) in [6.45, 7) is 1.88. The largest absolute Gasteiger partial charge is 0.438 e. The molecule has 3 rings (SSSR count). The van der Waals surface area contributed by atoms with Crippen LogP contribution in [0.25, 0.3) is 10.9 Å². The highest BCUT2D eigenvalue weighted by Crippen LogP contribution is 2.29. The molecule has 4 N–H and O–H groups in total. The number of aliphatic hydroxyl groups excluding tert-OH is 1. The molecule has 0 saturated carbocycles. The maximum absolute atomic E-state index is 12.3. The Morgan fingerprint density at radius 2 is 2.21 bits per heavy atom. The molecule has 0 unspecified atom stereocenters. The summed E-state index contributed by atoms with van der Waals surface area (Å²) in [6.07, 6.45) is 2.66. The second kappa shape index (κ2) is 8.35.